The molecule has 1 saturated heterocycles. The molecule has 1 aliphatic heterocycles. The van der Waals surface area contributed by atoms with Crippen LogP contribution in [-0.2, 0) is 4.74 Å². The van der Waals surface area contributed by atoms with Crippen LogP contribution >= 0.6 is 0 Å². The fourth-order valence-corrected chi connectivity index (χ4v) is 3.40. The lowest BCUT2D eigenvalue weighted by Crippen LogP contribution is -2.55. The van der Waals surface area contributed by atoms with E-state index in [1.165, 1.54) is 32.1 Å². The third-order valence-electron chi connectivity index (χ3n) is 4.38. The zero-order chi connectivity index (χ0) is 14.4. The van der Waals surface area contributed by atoms with Gasteiger partial charge in [0.25, 0.3) is 0 Å². The van der Waals surface area contributed by atoms with Gasteiger partial charge >= 0.3 is 6.18 Å². The van der Waals surface area contributed by atoms with Crippen LogP contribution in [0.4, 0.5) is 13.2 Å². The Morgan fingerprint density at radius 2 is 1.90 bits per heavy atom. The van der Waals surface area contributed by atoms with Gasteiger partial charge in [0.1, 0.15) is 6.61 Å². The van der Waals surface area contributed by atoms with Gasteiger partial charge in [0.2, 0.25) is 0 Å². The van der Waals surface area contributed by atoms with E-state index in [-0.39, 0.29) is 6.61 Å². The number of ether oxygens (including phenoxy) is 1. The van der Waals surface area contributed by atoms with Crippen LogP contribution in [0.15, 0.2) is 0 Å². The van der Waals surface area contributed by atoms with E-state index in [9.17, 15) is 13.2 Å². The minimum atomic E-state index is -4.22. The Labute approximate surface area is 118 Å². The Morgan fingerprint density at radius 3 is 2.60 bits per heavy atom. The average Bonchev–Trinajstić information content (AvgIpc) is 2.44. The summed E-state index contributed by atoms with van der Waals surface area (Å²) in [6.07, 6.45) is 2.20. The lowest BCUT2D eigenvalue weighted by atomic mass is 9.82. The maximum atomic E-state index is 12.0. The molecular formula is C14H25F3N2O. The molecule has 1 heterocycles. The summed E-state index contributed by atoms with van der Waals surface area (Å²) >= 11 is 0. The highest BCUT2D eigenvalue weighted by molar-refractivity contribution is 4.86. The highest BCUT2D eigenvalue weighted by Crippen LogP contribution is 2.29. The molecule has 0 aromatic carbocycles. The smallest absolute Gasteiger partial charge is 0.371 e. The van der Waals surface area contributed by atoms with Crippen molar-refractivity contribution >= 4 is 0 Å². The van der Waals surface area contributed by atoms with Gasteiger partial charge in [-0.1, -0.05) is 19.3 Å². The SMILES string of the molecule is FC(F)(F)COCCN1CCNCC1C1CCCCC1. The molecule has 1 aliphatic carbocycles. The van der Waals surface area contributed by atoms with Gasteiger partial charge in [-0.15, -0.1) is 0 Å². The van der Waals surface area contributed by atoms with Crippen molar-refractivity contribution in [1.82, 2.24) is 10.2 Å². The molecule has 0 aromatic heterocycles. The van der Waals surface area contributed by atoms with E-state index in [1.54, 1.807) is 0 Å². The Balaban J connectivity index is 1.75. The van der Waals surface area contributed by atoms with Crippen molar-refractivity contribution in [3.05, 3.63) is 0 Å². The maximum absolute atomic E-state index is 12.0. The molecule has 1 saturated carbocycles. The Hall–Kier alpha value is -0.330. The normalized spacial score (nSPS) is 26.9. The van der Waals surface area contributed by atoms with Crippen LogP contribution in [0, 0.1) is 5.92 Å². The average molecular weight is 294 g/mol. The maximum Gasteiger partial charge on any atom is 0.411 e. The summed E-state index contributed by atoms with van der Waals surface area (Å²) in [5.41, 5.74) is 0. The fraction of sp³-hybridized carbons (Fsp3) is 1.00. The predicted octanol–water partition coefficient (Wildman–Crippen LogP) is 2.42. The number of rotatable bonds is 5. The van der Waals surface area contributed by atoms with Gasteiger partial charge in [-0.2, -0.15) is 13.2 Å². The largest absolute Gasteiger partial charge is 0.411 e. The molecular weight excluding hydrogens is 269 g/mol. The molecule has 1 N–H and O–H groups in total. The van der Waals surface area contributed by atoms with Crippen molar-refractivity contribution in [1.29, 1.82) is 0 Å². The number of alkyl halides is 3. The van der Waals surface area contributed by atoms with Gasteiger partial charge in [-0.05, 0) is 18.8 Å². The van der Waals surface area contributed by atoms with Gasteiger partial charge in [-0.3, -0.25) is 4.90 Å². The zero-order valence-electron chi connectivity index (χ0n) is 11.9. The van der Waals surface area contributed by atoms with Crippen LogP contribution in [0.3, 0.4) is 0 Å². The molecule has 6 heteroatoms. The number of piperazine rings is 1. The summed E-state index contributed by atoms with van der Waals surface area (Å²) in [5.74, 6) is 0.694. The first kappa shape index (κ1) is 16.0. The fourth-order valence-electron chi connectivity index (χ4n) is 3.40. The first-order valence-corrected chi connectivity index (χ1v) is 7.65. The Bertz CT molecular complexity index is 280. The third-order valence-corrected chi connectivity index (χ3v) is 4.38. The second kappa shape index (κ2) is 7.61. The monoisotopic (exact) mass is 294 g/mol. The summed E-state index contributed by atoms with van der Waals surface area (Å²) in [7, 11) is 0. The molecule has 1 atom stereocenters. The minimum absolute atomic E-state index is 0.169. The molecule has 20 heavy (non-hydrogen) atoms. The van der Waals surface area contributed by atoms with E-state index in [1.807, 2.05) is 0 Å². The quantitative estimate of drug-likeness (QED) is 0.788. The van der Waals surface area contributed by atoms with Crippen LogP contribution in [0.2, 0.25) is 0 Å². The van der Waals surface area contributed by atoms with Crippen molar-refractivity contribution in [2.24, 2.45) is 5.92 Å². The summed E-state index contributed by atoms with van der Waals surface area (Å²) in [4.78, 5) is 2.32. The van der Waals surface area contributed by atoms with Crippen molar-refractivity contribution < 1.29 is 17.9 Å². The molecule has 1 unspecified atom stereocenters. The van der Waals surface area contributed by atoms with E-state index >= 15 is 0 Å². The molecule has 3 nitrogen and oxygen atoms in total. The summed E-state index contributed by atoms with van der Waals surface area (Å²) in [5, 5.41) is 3.41. The van der Waals surface area contributed by atoms with E-state index in [0.29, 0.717) is 18.5 Å². The first-order valence-electron chi connectivity index (χ1n) is 7.65. The lowest BCUT2D eigenvalue weighted by Gasteiger charge is -2.42. The lowest BCUT2D eigenvalue weighted by molar-refractivity contribution is -0.175. The molecule has 0 radical (unpaired) electrons. The summed E-state index contributed by atoms with van der Waals surface area (Å²) in [6.45, 7) is 2.44. The first-order chi connectivity index (χ1) is 9.56. The molecule has 0 spiro atoms. The predicted molar refractivity (Wildman–Crippen MR) is 71.7 cm³/mol. The number of hydrogen-bond donors (Lipinski definition) is 1. The van der Waals surface area contributed by atoms with Gasteiger partial charge in [0.15, 0.2) is 0 Å². The summed E-state index contributed by atoms with van der Waals surface area (Å²) < 4.78 is 40.9. The molecule has 0 bridgehead atoms. The van der Waals surface area contributed by atoms with Crippen molar-refractivity contribution in [2.75, 3.05) is 39.4 Å². The number of nitrogens with zero attached hydrogens (tertiary/aromatic N) is 1. The van der Waals surface area contributed by atoms with Crippen LogP contribution in [0.1, 0.15) is 32.1 Å². The summed E-state index contributed by atoms with van der Waals surface area (Å²) in [6, 6.07) is 0.471. The van der Waals surface area contributed by atoms with Gasteiger partial charge in [-0.25, -0.2) is 0 Å². The molecule has 0 aromatic rings. The second-order valence-corrected chi connectivity index (χ2v) is 5.87. The van der Waals surface area contributed by atoms with E-state index in [0.717, 1.165) is 19.6 Å². The molecule has 2 rings (SSSR count). The van der Waals surface area contributed by atoms with Crippen molar-refractivity contribution in [3.63, 3.8) is 0 Å². The van der Waals surface area contributed by atoms with Crippen molar-refractivity contribution in [2.45, 2.75) is 44.3 Å². The molecule has 2 fully saturated rings. The number of halogens is 3. The van der Waals surface area contributed by atoms with E-state index in [4.69, 9.17) is 4.74 Å². The molecule has 0 amide bonds. The van der Waals surface area contributed by atoms with E-state index < -0.39 is 12.8 Å². The number of hydrogen-bond acceptors (Lipinski definition) is 3. The van der Waals surface area contributed by atoms with Crippen LogP contribution in [0.25, 0.3) is 0 Å². The Kier molecular flexibility index (Phi) is 6.11. The van der Waals surface area contributed by atoms with Crippen LogP contribution < -0.4 is 5.32 Å². The molecule has 118 valence electrons. The number of nitrogens with one attached hydrogen (secondary N) is 1. The highest BCUT2D eigenvalue weighted by Gasteiger charge is 2.31. The van der Waals surface area contributed by atoms with Crippen LogP contribution in [0.5, 0.6) is 0 Å². The van der Waals surface area contributed by atoms with Gasteiger partial charge in [0, 0.05) is 32.2 Å². The Morgan fingerprint density at radius 1 is 1.15 bits per heavy atom. The third kappa shape index (κ3) is 5.22. The molecule has 2 aliphatic rings. The zero-order valence-corrected chi connectivity index (χ0v) is 11.9. The topological polar surface area (TPSA) is 24.5 Å². The van der Waals surface area contributed by atoms with Gasteiger partial charge in [0.05, 0.1) is 6.61 Å². The standard InChI is InChI=1S/C14H25F3N2O/c15-14(16,17)11-20-9-8-19-7-6-18-10-13(19)12-4-2-1-3-5-12/h12-13,18H,1-11H2. The van der Waals surface area contributed by atoms with Gasteiger partial charge < -0.3 is 10.1 Å². The van der Waals surface area contributed by atoms with Crippen LogP contribution in [-0.4, -0.2) is 56.5 Å². The van der Waals surface area contributed by atoms with Crippen molar-refractivity contribution in [3.8, 4) is 0 Å². The minimum Gasteiger partial charge on any atom is -0.371 e. The highest BCUT2D eigenvalue weighted by atomic mass is 19.4. The van der Waals surface area contributed by atoms with E-state index in [2.05, 4.69) is 10.2 Å². The second-order valence-electron chi connectivity index (χ2n) is 5.87.